The number of amides is 1. The molecule has 5 heteroatoms. The number of benzene rings is 1. The van der Waals surface area contributed by atoms with E-state index in [9.17, 15) is 14.9 Å². The molecule has 0 spiro atoms. The summed E-state index contributed by atoms with van der Waals surface area (Å²) in [5.74, 6) is 0.641. The number of hydrogen-bond donors (Lipinski definition) is 0. The van der Waals surface area contributed by atoms with Crippen molar-refractivity contribution in [1.29, 1.82) is 0 Å². The van der Waals surface area contributed by atoms with Crippen molar-refractivity contribution in [1.82, 2.24) is 4.90 Å². The van der Waals surface area contributed by atoms with Crippen LogP contribution in [0.1, 0.15) is 31.7 Å². The van der Waals surface area contributed by atoms with Crippen molar-refractivity contribution in [2.75, 3.05) is 13.1 Å². The fourth-order valence-electron chi connectivity index (χ4n) is 2.19. The maximum Gasteiger partial charge on any atom is 0.270 e. The molecule has 0 N–H and O–H groups in total. The zero-order chi connectivity index (χ0) is 15.2. The Hall–Kier alpha value is -2.17. The van der Waals surface area contributed by atoms with Gasteiger partial charge in [-0.2, -0.15) is 0 Å². The zero-order valence-electron chi connectivity index (χ0n) is 12.2. The van der Waals surface area contributed by atoms with Gasteiger partial charge in [0, 0.05) is 31.3 Å². The molecular weight excluding hydrogens is 268 g/mol. The quantitative estimate of drug-likeness (QED) is 0.439. The van der Waals surface area contributed by atoms with E-state index in [1.54, 1.807) is 18.2 Å². The lowest BCUT2D eigenvalue weighted by molar-refractivity contribution is -0.384. The van der Waals surface area contributed by atoms with Crippen LogP contribution in [0.25, 0.3) is 6.08 Å². The van der Waals surface area contributed by atoms with Gasteiger partial charge in [-0.05, 0) is 36.8 Å². The standard InChI is InChI=1S/C16H20N2O3/c1-2-10-17(12-14-6-7-14)16(19)9-8-13-4-3-5-15(11-13)18(20)21/h3-5,8-9,11,14H,2,6-7,10,12H2,1H3/b9-8+. The Bertz CT molecular complexity index is 550. The Morgan fingerprint density at radius 3 is 2.86 bits per heavy atom. The van der Waals surface area contributed by atoms with Crippen molar-refractivity contribution in [2.24, 2.45) is 5.92 Å². The molecule has 1 aromatic carbocycles. The van der Waals surface area contributed by atoms with Crippen LogP contribution >= 0.6 is 0 Å². The molecule has 1 aliphatic carbocycles. The highest BCUT2D eigenvalue weighted by molar-refractivity contribution is 5.91. The molecule has 1 saturated carbocycles. The van der Waals surface area contributed by atoms with Gasteiger partial charge in [-0.3, -0.25) is 14.9 Å². The van der Waals surface area contributed by atoms with E-state index in [1.807, 2.05) is 4.90 Å². The Balaban J connectivity index is 2.02. The Morgan fingerprint density at radius 1 is 1.48 bits per heavy atom. The van der Waals surface area contributed by atoms with Gasteiger partial charge in [-0.25, -0.2) is 0 Å². The topological polar surface area (TPSA) is 63.5 Å². The molecule has 0 radical (unpaired) electrons. The van der Waals surface area contributed by atoms with Crippen LogP contribution in [0.2, 0.25) is 0 Å². The molecule has 0 heterocycles. The maximum absolute atomic E-state index is 12.2. The third kappa shape index (κ3) is 4.70. The van der Waals surface area contributed by atoms with Crippen LogP contribution in [0.15, 0.2) is 30.3 Å². The van der Waals surface area contributed by atoms with E-state index in [-0.39, 0.29) is 11.6 Å². The highest BCUT2D eigenvalue weighted by Crippen LogP contribution is 2.29. The number of hydrogen-bond acceptors (Lipinski definition) is 3. The summed E-state index contributed by atoms with van der Waals surface area (Å²) in [4.78, 5) is 24.3. The van der Waals surface area contributed by atoms with Crippen molar-refractivity contribution >= 4 is 17.7 Å². The Labute approximate surface area is 124 Å². The summed E-state index contributed by atoms with van der Waals surface area (Å²) in [7, 11) is 0. The number of nitrogens with zero attached hydrogens (tertiary/aromatic N) is 2. The molecule has 0 atom stereocenters. The fourth-order valence-corrected chi connectivity index (χ4v) is 2.19. The molecule has 0 aliphatic heterocycles. The normalized spacial score (nSPS) is 14.3. The summed E-state index contributed by atoms with van der Waals surface area (Å²) in [5.41, 5.74) is 0.702. The zero-order valence-corrected chi connectivity index (χ0v) is 12.2. The summed E-state index contributed by atoms with van der Waals surface area (Å²) < 4.78 is 0. The Kier molecular flexibility index (Phi) is 5.09. The third-order valence-electron chi connectivity index (χ3n) is 3.48. The highest BCUT2D eigenvalue weighted by Gasteiger charge is 2.25. The van der Waals surface area contributed by atoms with Gasteiger partial charge >= 0.3 is 0 Å². The lowest BCUT2D eigenvalue weighted by atomic mass is 10.2. The highest BCUT2D eigenvalue weighted by atomic mass is 16.6. The van der Waals surface area contributed by atoms with E-state index in [2.05, 4.69) is 6.92 Å². The molecule has 0 saturated heterocycles. The van der Waals surface area contributed by atoms with E-state index >= 15 is 0 Å². The number of nitro benzene ring substituents is 1. The molecule has 112 valence electrons. The molecule has 21 heavy (non-hydrogen) atoms. The second-order valence-corrected chi connectivity index (χ2v) is 5.41. The number of rotatable bonds is 7. The van der Waals surface area contributed by atoms with Crippen LogP contribution in [-0.2, 0) is 4.79 Å². The first-order valence-electron chi connectivity index (χ1n) is 7.31. The monoisotopic (exact) mass is 288 g/mol. The molecular formula is C16H20N2O3. The average molecular weight is 288 g/mol. The fraction of sp³-hybridized carbons (Fsp3) is 0.438. The second kappa shape index (κ2) is 7.02. The number of carbonyl (C=O) groups excluding carboxylic acids is 1. The summed E-state index contributed by atoms with van der Waals surface area (Å²) in [6.07, 6.45) is 6.51. The molecule has 1 aromatic rings. The largest absolute Gasteiger partial charge is 0.339 e. The minimum Gasteiger partial charge on any atom is -0.339 e. The van der Waals surface area contributed by atoms with Crippen molar-refractivity contribution < 1.29 is 9.72 Å². The van der Waals surface area contributed by atoms with Gasteiger partial charge in [0.1, 0.15) is 0 Å². The van der Waals surface area contributed by atoms with Crippen LogP contribution in [0.5, 0.6) is 0 Å². The van der Waals surface area contributed by atoms with Crippen LogP contribution in [0.3, 0.4) is 0 Å². The minimum absolute atomic E-state index is 0.0183. The number of nitro groups is 1. The van der Waals surface area contributed by atoms with E-state index in [4.69, 9.17) is 0 Å². The SMILES string of the molecule is CCCN(CC1CC1)C(=O)/C=C/c1cccc([N+](=O)[O-])c1. The van der Waals surface area contributed by atoms with Gasteiger partial charge in [-0.1, -0.05) is 19.1 Å². The summed E-state index contributed by atoms with van der Waals surface area (Å²) >= 11 is 0. The predicted octanol–water partition coefficient (Wildman–Crippen LogP) is 3.26. The summed E-state index contributed by atoms with van der Waals surface area (Å²) in [5, 5.41) is 10.7. The van der Waals surface area contributed by atoms with Gasteiger partial charge in [0.15, 0.2) is 0 Å². The minimum atomic E-state index is -0.435. The van der Waals surface area contributed by atoms with Gasteiger partial charge < -0.3 is 4.90 Å². The third-order valence-corrected chi connectivity index (χ3v) is 3.48. The van der Waals surface area contributed by atoms with Crippen LogP contribution in [0, 0.1) is 16.0 Å². The first-order chi connectivity index (χ1) is 10.1. The molecule has 2 rings (SSSR count). The average Bonchev–Trinajstić information content (AvgIpc) is 3.28. The number of carbonyl (C=O) groups is 1. The van der Waals surface area contributed by atoms with Crippen molar-refractivity contribution in [2.45, 2.75) is 26.2 Å². The molecule has 1 aliphatic rings. The van der Waals surface area contributed by atoms with Gasteiger partial charge in [0.05, 0.1) is 4.92 Å². The van der Waals surface area contributed by atoms with Crippen molar-refractivity contribution in [3.05, 3.63) is 46.0 Å². The van der Waals surface area contributed by atoms with Gasteiger partial charge in [0.2, 0.25) is 5.91 Å². The van der Waals surface area contributed by atoms with E-state index in [1.165, 1.54) is 31.1 Å². The van der Waals surface area contributed by atoms with Crippen LogP contribution in [-0.4, -0.2) is 28.8 Å². The van der Waals surface area contributed by atoms with Gasteiger partial charge in [-0.15, -0.1) is 0 Å². The molecule has 1 fully saturated rings. The summed E-state index contributed by atoms with van der Waals surface area (Å²) in [6, 6.07) is 6.28. The Morgan fingerprint density at radius 2 is 2.24 bits per heavy atom. The molecule has 5 nitrogen and oxygen atoms in total. The van der Waals surface area contributed by atoms with Crippen LogP contribution < -0.4 is 0 Å². The smallest absolute Gasteiger partial charge is 0.270 e. The maximum atomic E-state index is 12.2. The summed E-state index contributed by atoms with van der Waals surface area (Å²) in [6.45, 7) is 3.64. The predicted molar refractivity (Wildman–Crippen MR) is 81.7 cm³/mol. The molecule has 0 unspecified atom stereocenters. The molecule has 0 aromatic heterocycles. The first-order valence-corrected chi connectivity index (χ1v) is 7.31. The lowest BCUT2D eigenvalue weighted by Gasteiger charge is -2.20. The van der Waals surface area contributed by atoms with E-state index in [0.29, 0.717) is 11.5 Å². The molecule has 1 amide bonds. The number of non-ortho nitro benzene ring substituents is 1. The van der Waals surface area contributed by atoms with E-state index in [0.717, 1.165) is 19.5 Å². The van der Waals surface area contributed by atoms with Crippen molar-refractivity contribution in [3.8, 4) is 0 Å². The van der Waals surface area contributed by atoms with Crippen LogP contribution in [0.4, 0.5) is 5.69 Å². The lowest BCUT2D eigenvalue weighted by Crippen LogP contribution is -2.32. The van der Waals surface area contributed by atoms with E-state index < -0.39 is 4.92 Å². The van der Waals surface area contributed by atoms with Crippen molar-refractivity contribution in [3.63, 3.8) is 0 Å². The van der Waals surface area contributed by atoms with Gasteiger partial charge in [0.25, 0.3) is 5.69 Å². The molecule has 0 bridgehead atoms. The second-order valence-electron chi connectivity index (χ2n) is 5.41. The first kappa shape index (κ1) is 15.2.